The van der Waals surface area contributed by atoms with E-state index in [4.69, 9.17) is 0 Å². The van der Waals surface area contributed by atoms with Gasteiger partial charge in [0.1, 0.15) is 0 Å². The molecule has 0 unspecified atom stereocenters. The van der Waals surface area contributed by atoms with Crippen LogP contribution in [0.5, 0.6) is 0 Å². The second-order valence-corrected chi connectivity index (χ2v) is 6.01. The van der Waals surface area contributed by atoms with Crippen LogP contribution in [0.15, 0.2) is 0 Å². The minimum Gasteiger partial charge on any atom is -0.339 e. The van der Waals surface area contributed by atoms with E-state index >= 15 is 0 Å². The topological polar surface area (TPSA) is 32.3 Å². The van der Waals surface area contributed by atoms with Gasteiger partial charge in [-0.25, -0.2) is 0 Å². The van der Waals surface area contributed by atoms with Gasteiger partial charge in [-0.1, -0.05) is 20.3 Å². The molecule has 18 heavy (non-hydrogen) atoms. The van der Waals surface area contributed by atoms with Crippen molar-refractivity contribution in [1.82, 2.24) is 10.2 Å². The van der Waals surface area contributed by atoms with Crippen LogP contribution in [0.4, 0.5) is 0 Å². The summed E-state index contributed by atoms with van der Waals surface area (Å²) >= 11 is 0. The SMILES string of the molecule is CCCN(C(=O)C1(CCC)CCNCC1)C1CC1. The molecule has 1 aliphatic carbocycles. The standard InChI is InChI=1S/C15H28N2O/c1-3-7-15(8-10-16-11-9-15)14(18)17(12-4-2)13-5-6-13/h13,16H,3-12H2,1-2H3. The van der Waals surface area contributed by atoms with E-state index in [2.05, 4.69) is 24.1 Å². The zero-order valence-corrected chi connectivity index (χ0v) is 12.0. The fourth-order valence-corrected chi connectivity index (χ4v) is 3.34. The normalized spacial score (nSPS) is 22.8. The van der Waals surface area contributed by atoms with Gasteiger partial charge in [-0.15, -0.1) is 0 Å². The number of carbonyl (C=O) groups excluding carboxylic acids is 1. The van der Waals surface area contributed by atoms with E-state index < -0.39 is 0 Å². The summed E-state index contributed by atoms with van der Waals surface area (Å²) in [6.07, 6.45) is 7.80. The van der Waals surface area contributed by atoms with E-state index in [1.54, 1.807) is 0 Å². The molecule has 0 aromatic rings. The highest BCUT2D eigenvalue weighted by Gasteiger charge is 2.44. The molecule has 0 aromatic heterocycles. The number of piperidine rings is 1. The van der Waals surface area contributed by atoms with Crippen LogP contribution in [-0.4, -0.2) is 36.5 Å². The summed E-state index contributed by atoms with van der Waals surface area (Å²) in [5.41, 5.74) is -0.0439. The zero-order valence-electron chi connectivity index (χ0n) is 12.0. The van der Waals surface area contributed by atoms with Crippen LogP contribution in [0.1, 0.15) is 58.8 Å². The Labute approximate surface area is 111 Å². The lowest BCUT2D eigenvalue weighted by molar-refractivity contribution is -0.145. The van der Waals surface area contributed by atoms with Gasteiger partial charge >= 0.3 is 0 Å². The number of nitrogens with one attached hydrogen (secondary N) is 1. The summed E-state index contributed by atoms with van der Waals surface area (Å²) < 4.78 is 0. The van der Waals surface area contributed by atoms with E-state index in [0.717, 1.165) is 51.7 Å². The lowest BCUT2D eigenvalue weighted by atomic mass is 9.74. The van der Waals surface area contributed by atoms with Gasteiger partial charge in [-0.2, -0.15) is 0 Å². The predicted molar refractivity (Wildman–Crippen MR) is 74.5 cm³/mol. The van der Waals surface area contributed by atoms with E-state index in [0.29, 0.717) is 11.9 Å². The average Bonchev–Trinajstić information content (AvgIpc) is 3.21. The van der Waals surface area contributed by atoms with Gasteiger partial charge in [0.2, 0.25) is 5.91 Å². The third-order valence-electron chi connectivity index (χ3n) is 4.46. The Kier molecular flexibility index (Phi) is 4.66. The summed E-state index contributed by atoms with van der Waals surface area (Å²) in [5.74, 6) is 0.468. The lowest BCUT2D eigenvalue weighted by Gasteiger charge is -2.40. The molecule has 0 bridgehead atoms. The Bertz CT molecular complexity index is 275. The van der Waals surface area contributed by atoms with Gasteiger partial charge < -0.3 is 10.2 Å². The zero-order chi connectivity index (χ0) is 13.0. The Hall–Kier alpha value is -0.570. The molecule has 0 aromatic carbocycles. The monoisotopic (exact) mass is 252 g/mol. The summed E-state index contributed by atoms with van der Waals surface area (Å²) in [4.78, 5) is 15.2. The van der Waals surface area contributed by atoms with Crippen molar-refractivity contribution in [1.29, 1.82) is 0 Å². The van der Waals surface area contributed by atoms with Crippen LogP contribution in [0.25, 0.3) is 0 Å². The van der Waals surface area contributed by atoms with Crippen molar-refractivity contribution in [2.45, 2.75) is 64.8 Å². The molecule has 1 N–H and O–H groups in total. The van der Waals surface area contributed by atoms with Gasteiger partial charge in [-0.05, 0) is 51.6 Å². The van der Waals surface area contributed by atoms with Crippen LogP contribution >= 0.6 is 0 Å². The van der Waals surface area contributed by atoms with Crippen molar-refractivity contribution in [3.8, 4) is 0 Å². The van der Waals surface area contributed by atoms with E-state index in [1.165, 1.54) is 12.8 Å². The molecule has 3 nitrogen and oxygen atoms in total. The third-order valence-corrected chi connectivity index (χ3v) is 4.46. The maximum atomic E-state index is 13.0. The highest BCUT2D eigenvalue weighted by Crippen LogP contribution is 2.39. The summed E-state index contributed by atoms with van der Waals surface area (Å²) in [7, 11) is 0. The first-order valence-electron chi connectivity index (χ1n) is 7.75. The molecule has 1 saturated heterocycles. The van der Waals surface area contributed by atoms with Crippen LogP contribution in [0, 0.1) is 5.41 Å². The minimum atomic E-state index is -0.0439. The number of amides is 1. The largest absolute Gasteiger partial charge is 0.339 e. The Morgan fingerprint density at radius 3 is 2.39 bits per heavy atom. The quantitative estimate of drug-likeness (QED) is 0.788. The molecule has 3 heteroatoms. The van der Waals surface area contributed by atoms with Crippen LogP contribution in [0.3, 0.4) is 0 Å². The summed E-state index contributed by atoms with van der Waals surface area (Å²) in [6.45, 7) is 7.37. The highest BCUT2D eigenvalue weighted by atomic mass is 16.2. The Morgan fingerprint density at radius 1 is 1.22 bits per heavy atom. The van der Waals surface area contributed by atoms with Crippen molar-refractivity contribution in [2.24, 2.45) is 5.41 Å². The van der Waals surface area contributed by atoms with Gasteiger partial charge in [0, 0.05) is 12.6 Å². The molecule has 0 spiro atoms. The second-order valence-electron chi connectivity index (χ2n) is 6.01. The molecule has 1 amide bonds. The number of hydrogen-bond donors (Lipinski definition) is 1. The predicted octanol–water partition coefficient (Wildman–Crippen LogP) is 2.56. The molecule has 2 rings (SSSR count). The Balaban J connectivity index is 2.09. The molecule has 2 fully saturated rings. The second kappa shape index (κ2) is 6.05. The van der Waals surface area contributed by atoms with Crippen molar-refractivity contribution in [2.75, 3.05) is 19.6 Å². The van der Waals surface area contributed by atoms with Gasteiger partial charge in [0.15, 0.2) is 0 Å². The summed E-state index contributed by atoms with van der Waals surface area (Å²) in [6, 6.07) is 0.570. The van der Waals surface area contributed by atoms with Crippen LogP contribution in [0.2, 0.25) is 0 Å². The maximum Gasteiger partial charge on any atom is 0.229 e. The molecule has 2 aliphatic rings. The highest BCUT2D eigenvalue weighted by molar-refractivity contribution is 5.83. The molecule has 104 valence electrons. The Morgan fingerprint density at radius 2 is 1.89 bits per heavy atom. The molecular formula is C15H28N2O. The first-order chi connectivity index (χ1) is 8.73. The molecule has 0 radical (unpaired) electrons. The number of rotatable bonds is 6. The minimum absolute atomic E-state index is 0.0439. The lowest BCUT2D eigenvalue weighted by Crippen LogP contribution is -2.50. The molecule has 1 aliphatic heterocycles. The van der Waals surface area contributed by atoms with E-state index in [1.807, 2.05) is 0 Å². The first kappa shape index (κ1) is 13.9. The average molecular weight is 252 g/mol. The van der Waals surface area contributed by atoms with Crippen LogP contribution in [-0.2, 0) is 4.79 Å². The van der Waals surface area contributed by atoms with Gasteiger partial charge in [0.25, 0.3) is 0 Å². The number of nitrogens with zero attached hydrogens (tertiary/aromatic N) is 1. The molecule has 0 atom stereocenters. The molecule has 1 saturated carbocycles. The van der Waals surface area contributed by atoms with Gasteiger partial charge in [-0.3, -0.25) is 4.79 Å². The van der Waals surface area contributed by atoms with E-state index in [-0.39, 0.29) is 5.41 Å². The van der Waals surface area contributed by atoms with E-state index in [9.17, 15) is 4.79 Å². The van der Waals surface area contributed by atoms with Crippen molar-refractivity contribution in [3.63, 3.8) is 0 Å². The van der Waals surface area contributed by atoms with Crippen LogP contribution < -0.4 is 5.32 Å². The van der Waals surface area contributed by atoms with Gasteiger partial charge in [0.05, 0.1) is 5.41 Å². The maximum absolute atomic E-state index is 13.0. The number of hydrogen-bond acceptors (Lipinski definition) is 2. The molecular weight excluding hydrogens is 224 g/mol. The third kappa shape index (κ3) is 2.87. The fourth-order valence-electron chi connectivity index (χ4n) is 3.34. The van der Waals surface area contributed by atoms with Crippen molar-refractivity contribution >= 4 is 5.91 Å². The van der Waals surface area contributed by atoms with Crippen molar-refractivity contribution < 1.29 is 4.79 Å². The fraction of sp³-hybridized carbons (Fsp3) is 0.933. The smallest absolute Gasteiger partial charge is 0.229 e. The molecule has 1 heterocycles. The summed E-state index contributed by atoms with van der Waals surface area (Å²) in [5, 5.41) is 3.40. The first-order valence-corrected chi connectivity index (χ1v) is 7.75. The van der Waals surface area contributed by atoms with Crippen molar-refractivity contribution in [3.05, 3.63) is 0 Å². The number of carbonyl (C=O) groups is 1.